The highest BCUT2D eigenvalue weighted by molar-refractivity contribution is 5.24. The number of ether oxygens (including phenoxy) is 1. The molecule has 0 aliphatic carbocycles. The standard InChI is InChI=1S/C16H27NO/c1-13(2)6-5-11-18-12-16(17-4)15-9-7-14(3)8-10-15/h7-10,13,16-17H,5-6,11-12H2,1-4H3. The van der Waals surface area contributed by atoms with Crippen LogP contribution in [0.15, 0.2) is 24.3 Å². The number of benzene rings is 1. The van der Waals surface area contributed by atoms with Gasteiger partial charge in [-0.05, 0) is 38.3 Å². The Morgan fingerprint density at radius 1 is 1.17 bits per heavy atom. The third-order valence-corrected chi connectivity index (χ3v) is 3.18. The second-order valence-electron chi connectivity index (χ2n) is 5.36. The van der Waals surface area contributed by atoms with Crippen molar-refractivity contribution in [2.75, 3.05) is 20.3 Å². The predicted molar refractivity (Wildman–Crippen MR) is 77.9 cm³/mol. The molecule has 1 aromatic rings. The summed E-state index contributed by atoms with van der Waals surface area (Å²) in [4.78, 5) is 0. The Hall–Kier alpha value is -0.860. The van der Waals surface area contributed by atoms with E-state index < -0.39 is 0 Å². The van der Waals surface area contributed by atoms with E-state index in [4.69, 9.17) is 4.74 Å². The topological polar surface area (TPSA) is 21.3 Å². The molecule has 1 N–H and O–H groups in total. The van der Waals surface area contributed by atoms with Gasteiger partial charge in [0.1, 0.15) is 0 Å². The number of aryl methyl sites for hydroxylation is 1. The lowest BCUT2D eigenvalue weighted by molar-refractivity contribution is 0.108. The van der Waals surface area contributed by atoms with Crippen molar-refractivity contribution in [2.45, 2.75) is 39.7 Å². The first-order valence-corrected chi connectivity index (χ1v) is 6.95. The van der Waals surface area contributed by atoms with Crippen LogP contribution >= 0.6 is 0 Å². The van der Waals surface area contributed by atoms with Crippen molar-refractivity contribution in [1.82, 2.24) is 5.32 Å². The normalized spacial score (nSPS) is 12.9. The van der Waals surface area contributed by atoms with Crippen LogP contribution in [0.2, 0.25) is 0 Å². The highest BCUT2D eigenvalue weighted by atomic mass is 16.5. The monoisotopic (exact) mass is 249 g/mol. The van der Waals surface area contributed by atoms with E-state index in [1.807, 2.05) is 7.05 Å². The minimum absolute atomic E-state index is 0.296. The predicted octanol–water partition coefficient (Wildman–Crippen LogP) is 3.71. The second kappa shape index (κ2) is 8.28. The smallest absolute Gasteiger partial charge is 0.0661 e. The first-order chi connectivity index (χ1) is 8.63. The Kier molecular flexibility index (Phi) is 6.99. The number of hydrogen-bond donors (Lipinski definition) is 1. The van der Waals surface area contributed by atoms with E-state index in [0.29, 0.717) is 6.04 Å². The van der Waals surface area contributed by atoms with Crippen molar-refractivity contribution in [3.8, 4) is 0 Å². The number of likely N-dealkylation sites (N-methyl/N-ethyl adjacent to an activating group) is 1. The zero-order chi connectivity index (χ0) is 13.4. The molecule has 0 aliphatic heterocycles. The molecule has 0 bridgehead atoms. The van der Waals surface area contributed by atoms with Crippen molar-refractivity contribution < 1.29 is 4.74 Å². The molecule has 1 unspecified atom stereocenters. The molecule has 0 saturated heterocycles. The molecule has 0 amide bonds. The summed E-state index contributed by atoms with van der Waals surface area (Å²) < 4.78 is 5.76. The molecule has 0 aromatic heterocycles. The fourth-order valence-electron chi connectivity index (χ4n) is 1.94. The Morgan fingerprint density at radius 2 is 1.83 bits per heavy atom. The van der Waals surface area contributed by atoms with Gasteiger partial charge in [0.15, 0.2) is 0 Å². The third kappa shape index (κ3) is 5.65. The van der Waals surface area contributed by atoms with Crippen molar-refractivity contribution in [1.29, 1.82) is 0 Å². The van der Waals surface area contributed by atoms with Crippen molar-refractivity contribution in [3.05, 3.63) is 35.4 Å². The van der Waals surface area contributed by atoms with E-state index >= 15 is 0 Å². The van der Waals surface area contributed by atoms with Crippen LogP contribution in [0.3, 0.4) is 0 Å². The lowest BCUT2D eigenvalue weighted by atomic mass is 10.1. The van der Waals surface area contributed by atoms with Crippen LogP contribution in [0.5, 0.6) is 0 Å². The molecule has 18 heavy (non-hydrogen) atoms. The van der Waals surface area contributed by atoms with Gasteiger partial charge in [-0.15, -0.1) is 0 Å². The van der Waals surface area contributed by atoms with E-state index in [2.05, 4.69) is 50.4 Å². The fraction of sp³-hybridized carbons (Fsp3) is 0.625. The van der Waals surface area contributed by atoms with Gasteiger partial charge < -0.3 is 10.1 Å². The van der Waals surface area contributed by atoms with E-state index in [1.54, 1.807) is 0 Å². The van der Waals surface area contributed by atoms with Gasteiger partial charge in [0.25, 0.3) is 0 Å². The summed E-state index contributed by atoms with van der Waals surface area (Å²) in [6.45, 7) is 8.23. The van der Waals surface area contributed by atoms with Gasteiger partial charge in [0.2, 0.25) is 0 Å². The van der Waals surface area contributed by atoms with E-state index in [1.165, 1.54) is 17.5 Å². The van der Waals surface area contributed by atoms with Crippen LogP contribution in [0.25, 0.3) is 0 Å². The summed E-state index contributed by atoms with van der Waals surface area (Å²) in [7, 11) is 1.99. The van der Waals surface area contributed by atoms with Gasteiger partial charge in [-0.2, -0.15) is 0 Å². The highest BCUT2D eigenvalue weighted by Crippen LogP contribution is 2.14. The molecule has 1 rings (SSSR count). The number of hydrogen-bond acceptors (Lipinski definition) is 2. The molecule has 0 spiro atoms. The van der Waals surface area contributed by atoms with Crippen LogP contribution in [0.4, 0.5) is 0 Å². The van der Waals surface area contributed by atoms with E-state index in [9.17, 15) is 0 Å². The van der Waals surface area contributed by atoms with Gasteiger partial charge >= 0.3 is 0 Å². The molecule has 1 atom stereocenters. The summed E-state index contributed by atoms with van der Waals surface area (Å²) in [6.07, 6.45) is 2.40. The Bertz CT molecular complexity index is 318. The average molecular weight is 249 g/mol. The van der Waals surface area contributed by atoms with E-state index in [-0.39, 0.29) is 0 Å². The minimum Gasteiger partial charge on any atom is -0.379 e. The maximum Gasteiger partial charge on any atom is 0.0661 e. The molecule has 0 radical (unpaired) electrons. The largest absolute Gasteiger partial charge is 0.379 e. The molecule has 102 valence electrons. The molecule has 0 heterocycles. The van der Waals surface area contributed by atoms with Crippen LogP contribution < -0.4 is 5.32 Å². The average Bonchev–Trinajstić information content (AvgIpc) is 2.35. The molecular formula is C16H27NO. The van der Waals surface area contributed by atoms with Crippen LogP contribution in [0, 0.1) is 12.8 Å². The molecule has 1 aromatic carbocycles. The van der Waals surface area contributed by atoms with Crippen LogP contribution in [-0.2, 0) is 4.74 Å². The summed E-state index contributed by atoms with van der Waals surface area (Å²) in [5, 5.41) is 3.31. The van der Waals surface area contributed by atoms with Crippen LogP contribution in [-0.4, -0.2) is 20.3 Å². The number of nitrogens with one attached hydrogen (secondary N) is 1. The molecular weight excluding hydrogens is 222 g/mol. The lowest BCUT2D eigenvalue weighted by Gasteiger charge is -2.17. The van der Waals surface area contributed by atoms with Gasteiger partial charge in [0.05, 0.1) is 12.6 Å². The molecule has 0 aliphatic rings. The summed E-state index contributed by atoms with van der Waals surface area (Å²) in [6, 6.07) is 8.95. The zero-order valence-electron chi connectivity index (χ0n) is 12.2. The SMILES string of the molecule is CNC(COCCCC(C)C)c1ccc(C)cc1. The van der Waals surface area contributed by atoms with E-state index in [0.717, 1.165) is 25.6 Å². The first kappa shape index (κ1) is 15.2. The molecule has 2 nitrogen and oxygen atoms in total. The van der Waals surface area contributed by atoms with Crippen molar-refractivity contribution >= 4 is 0 Å². The van der Waals surface area contributed by atoms with Crippen molar-refractivity contribution in [3.63, 3.8) is 0 Å². The Morgan fingerprint density at radius 3 is 2.39 bits per heavy atom. The lowest BCUT2D eigenvalue weighted by Crippen LogP contribution is -2.22. The van der Waals surface area contributed by atoms with Crippen LogP contribution in [0.1, 0.15) is 43.9 Å². The van der Waals surface area contributed by atoms with Gasteiger partial charge in [-0.3, -0.25) is 0 Å². The summed E-state index contributed by atoms with van der Waals surface area (Å²) >= 11 is 0. The highest BCUT2D eigenvalue weighted by Gasteiger charge is 2.08. The van der Waals surface area contributed by atoms with Gasteiger partial charge in [-0.25, -0.2) is 0 Å². The first-order valence-electron chi connectivity index (χ1n) is 6.95. The zero-order valence-corrected chi connectivity index (χ0v) is 12.2. The summed E-state index contributed by atoms with van der Waals surface area (Å²) in [5.74, 6) is 0.769. The second-order valence-corrected chi connectivity index (χ2v) is 5.36. The Labute approximate surface area is 112 Å². The third-order valence-electron chi connectivity index (χ3n) is 3.18. The Balaban J connectivity index is 2.31. The fourth-order valence-corrected chi connectivity index (χ4v) is 1.94. The maximum atomic E-state index is 5.76. The molecule has 0 saturated carbocycles. The summed E-state index contributed by atoms with van der Waals surface area (Å²) in [5.41, 5.74) is 2.60. The quantitative estimate of drug-likeness (QED) is 0.709. The van der Waals surface area contributed by atoms with Gasteiger partial charge in [-0.1, -0.05) is 43.7 Å². The minimum atomic E-state index is 0.296. The van der Waals surface area contributed by atoms with Gasteiger partial charge in [0, 0.05) is 6.61 Å². The molecule has 2 heteroatoms. The van der Waals surface area contributed by atoms with Crippen molar-refractivity contribution in [2.24, 2.45) is 5.92 Å². The number of rotatable bonds is 8. The molecule has 0 fully saturated rings. The maximum absolute atomic E-state index is 5.76.